The first-order valence-electron chi connectivity index (χ1n) is 2.55. The summed E-state index contributed by atoms with van der Waals surface area (Å²) in [5.74, 6) is 7.36. The first-order valence-corrected chi connectivity index (χ1v) is 2.55. The van der Waals surface area contributed by atoms with Gasteiger partial charge in [-0.05, 0) is 0 Å². The maximum absolute atomic E-state index is 10.2. The van der Waals surface area contributed by atoms with Gasteiger partial charge in [0, 0.05) is 13.3 Å². The Kier molecular flexibility index (Phi) is 8.96. The van der Waals surface area contributed by atoms with Gasteiger partial charge in [0.1, 0.15) is 0 Å². The molecule has 0 saturated carbocycles. The number of nitrogens with two attached hydrogens (primary N) is 2. The van der Waals surface area contributed by atoms with Gasteiger partial charge in [0.2, 0.25) is 0 Å². The van der Waals surface area contributed by atoms with Gasteiger partial charge in [0.15, 0.2) is 11.6 Å². The third kappa shape index (κ3) is 7.26. The topological polar surface area (TPSA) is 86.2 Å². The number of rotatable bonds is 2. The van der Waals surface area contributed by atoms with E-state index >= 15 is 0 Å². The maximum atomic E-state index is 10.2. The zero-order valence-corrected chi connectivity index (χ0v) is 5.68. The van der Waals surface area contributed by atoms with Crippen LogP contribution >= 0.6 is 0 Å². The van der Waals surface area contributed by atoms with Crippen molar-refractivity contribution in [3.63, 3.8) is 0 Å². The summed E-state index contributed by atoms with van der Waals surface area (Å²) in [4.78, 5) is 20.2. The Labute approximate surface area is 54.2 Å². The van der Waals surface area contributed by atoms with Crippen molar-refractivity contribution in [1.29, 1.82) is 0 Å². The number of hydrogen-bond acceptors (Lipinski definition) is 4. The zero-order valence-electron chi connectivity index (χ0n) is 5.68. The van der Waals surface area contributed by atoms with E-state index in [4.69, 9.17) is 0 Å². The van der Waals surface area contributed by atoms with E-state index in [1.54, 1.807) is 6.92 Å². The van der Waals surface area contributed by atoms with Crippen LogP contribution in [0.25, 0.3) is 0 Å². The van der Waals surface area contributed by atoms with Crippen LogP contribution in [0.5, 0.6) is 0 Å². The minimum atomic E-state index is -0.345. The quantitative estimate of drug-likeness (QED) is 0.297. The molecule has 0 aromatic heterocycles. The summed E-state index contributed by atoms with van der Waals surface area (Å²) < 4.78 is 0. The molecule has 0 radical (unpaired) electrons. The van der Waals surface area contributed by atoms with Gasteiger partial charge in [-0.15, -0.1) is 0 Å². The van der Waals surface area contributed by atoms with Crippen LogP contribution in [0.2, 0.25) is 0 Å². The summed E-state index contributed by atoms with van der Waals surface area (Å²) in [5, 5.41) is 0. The highest BCUT2D eigenvalue weighted by Gasteiger charge is 2.00. The van der Waals surface area contributed by atoms with E-state index in [-0.39, 0.29) is 11.6 Å². The Morgan fingerprint density at radius 2 is 1.67 bits per heavy atom. The van der Waals surface area contributed by atoms with Crippen LogP contribution in [0.1, 0.15) is 20.3 Å². The van der Waals surface area contributed by atoms with Crippen molar-refractivity contribution >= 4 is 11.6 Å². The Morgan fingerprint density at radius 3 is 1.67 bits per heavy atom. The van der Waals surface area contributed by atoms with Gasteiger partial charge < -0.3 is 0 Å². The molecule has 0 aliphatic heterocycles. The summed E-state index contributed by atoms with van der Waals surface area (Å²) in [5.41, 5.74) is 0. The average molecular weight is 132 g/mol. The van der Waals surface area contributed by atoms with Crippen LogP contribution in [-0.4, -0.2) is 11.6 Å². The molecule has 0 bridgehead atoms. The summed E-state index contributed by atoms with van der Waals surface area (Å²) in [6.07, 6.45) is 0.329. The molecule has 9 heavy (non-hydrogen) atoms. The van der Waals surface area contributed by atoms with Crippen molar-refractivity contribution in [2.24, 2.45) is 11.7 Å². The summed E-state index contributed by atoms with van der Waals surface area (Å²) >= 11 is 0. The van der Waals surface area contributed by atoms with Crippen LogP contribution in [0.4, 0.5) is 0 Å². The fraction of sp³-hybridized carbons (Fsp3) is 0.600. The van der Waals surface area contributed by atoms with Crippen LogP contribution < -0.4 is 11.7 Å². The Balaban J connectivity index is 0. The molecule has 0 amide bonds. The molecule has 4 heteroatoms. The third-order valence-corrected chi connectivity index (χ3v) is 0.714. The van der Waals surface area contributed by atoms with Gasteiger partial charge in [-0.25, -0.2) is 0 Å². The van der Waals surface area contributed by atoms with Gasteiger partial charge in [-0.3, -0.25) is 21.3 Å². The van der Waals surface area contributed by atoms with Crippen molar-refractivity contribution < 1.29 is 9.59 Å². The SMILES string of the molecule is CCC(=O)C(C)=O.NN. The number of hydrogen-bond donors (Lipinski definition) is 2. The van der Waals surface area contributed by atoms with Gasteiger partial charge in [-0.1, -0.05) is 6.92 Å². The minimum Gasteiger partial charge on any atom is -0.291 e. The lowest BCUT2D eigenvalue weighted by atomic mass is 10.2. The fourth-order valence-corrected chi connectivity index (χ4v) is 0.249. The molecule has 0 spiro atoms. The predicted octanol–water partition coefficient (Wildman–Crippen LogP) is -0.627. The van der Waals surface area contributed by atoms with Crippen molar-refractivity contribution in [2.45, 2.75) is 20.3 Å². The normalized spacial score (nSPS) is 7.11. The minimum absolute atomic E-state index is 0.292. The van der Waals surface area contributed by atoms with Crippen LogP contribution in [0, 0.1) is 0 Å². The second-order valence-electron chi connectivity index (χ2n) is 1.33. The van der Waals surface area contributed by atoms with Gasteiger partial charge in [0.05, 0.1) is 0 Å². The molecule has 0 heterocycles. The molecule has 0 unspecified atom stereocenters. The molecule has 4 nitrogen and oxygen atoms in total. The maximum Gasteiger partial charge on any atom is 0.197 e. The third-order valence-electron chi connectivity index (χ3n) is 0.714. The van der Waals surface area contributed by atoms with Crippen molar-refractivity contribution in [3.05, 3.63) is 0 Å². The number of ketones is 2. The monoisotopic (exact) mass is 132 g/mol. The number of Topliss-reactive ketones (excluding diaryl/α,β-unsaturated/α-hetero) is 2. The smallest absolute Gasteiger partial charge is 0.197 e. The van der Waals surface area contributed by atoms with E-state index in [1.807, 2.05) is 0 Å². The second kappa shape index (κ2) is 7.26. The Hall–Kier alpha value is -0.740. The molecule has 0 saturated heterocycles. The summed E-state index contributed by atoms with van der Waals surface area (Å²) in [7, 11) is 0. The molecular formula is C5H12N2O2. The lowest BCUT2D eigenvalue weighted by Crippen LogP contribution is -2.06. The van der Waals surface area contributed by atoms with Crippen molar-refractivity contribution in [1.82, 2.24) is 0 Å². The molecule has 0 aromatic rings. The van der Waals surface area contributed by atoms with E-state index in [0.29, 0.717) is 6.42 Å². The Bertz CT molecular complexity index is 101. The standard InChI is InChI=1S/C5H8O2.H4N2/c1-3-5(7)4(2)6;1-2/h3H2,1-2H3;1-2H2. The summed E-state index contributed by atoms with van der Waals surface area (Å²) in [6, 6.07) is 0. The molecule has 54 valence electrons. The van der Waals surface area contributed by atoms with Crippen LogP contribution in [0.15, 0.2) is 0 Å². The first kappa shape index (κ1) is 11.1. The van der Waals surface area contributed by atoms with Gasteiger partial charge in [0.25, 0.3) is 0 Å². The van der Waals surface area contributed by atoms with E-state index in [2.05, 4.69) is 11.7 Å². The van der Waals surface area contributed by atoms with Crippen LogP contribution in [-0.2, 0) is 9.59 Å². The molecule has 4 N–H and O–H groups in total. The molecule has 0 fully saturated rings. The number of hydrazine groups is 1. The highest BCUT2D eigenvalue weighted by molar-refractivity contribution is 6.36. The largest absolute Gasteiger partial charge is 0.291 e. The lowest BCUT2D eigenvalue weighted by molar-refractivity contribution is -0.135. The van der Waals surface area contributed by atoms with E-state index in [1.165, 1.54) is 6.92 Å². The Morgan fingerprint density at radius 1 is 1.33 bits per heavy atom. The summed E-state index contributed by atoms with van der Waals surface area (Å²) in [6.45, 7) is 2.95. The van der Waals surface area contributed by atoms with Crippen molar-refractivity contribution in [3.8, 4) is 0 Å². The van der Waals surface area contributed by atoms with E-state index < -0.39 is 0 Å². The highest BCUT2D eigenvalue weighted by atomic mass is 16.2. The fourth-order valence-electron chi connectivity index (χ4n) is 0.249. The van der Waals surface area contributed by atoms with Crippen LogP contribution in [0.3, 0.4) is 0 Å². The molecule has 0 aliphatic rings. The van der Waals surface area contributed by atoms with Gasteiger partial charge in [-0.2, -0.15) is 0 Å². The predicted molar refractivity (Wildman–Crippen MR) is 34.4 cm³/mol. The molecule has 0 aliphatic carbocycles. The van der Waals surface area contributed by atoms with Gasteiger partial charge >= 0.3 is 0 Å². The molecule has 0 rings (SSSR count). The highest BCUT2D eigenvalue weighted by Crippen LogP contribution is 1.79. The van der Waals surface area contributed by atoms with E-state index in [9.17, 15) is 9.59 Å². The zero-order chi connectivity index (χ0) is 7.86. The molecule has 0 aromatic carbocycles. The average Bonchev–Trinajstić information content (AvgIpc) is 1.91. The lowest BCUT2D eigenvalue weighted by Gasteiger charge is -1.81. The molecule has 0 atom stereocenters. The van der Waals surface area contributed by atoms with Crippen molar-refractivity contribution in [2.75, 3.05) is 0 Å². The second-order valence-corrected chi connectivity index (χ2v) is 1.33. The number of carbonyl (C=O) groups is 2. The van der Waals surface area contributed by atoms with E-state index in [0.717, 1.165) is 0 Å². The first-order chi connectivity index (χ1) is 4.18. The molecular weight excluding hydrogens is 120 g/mol. The number of carbonyl (C=O) groups excluding carboxylic acids is 2.